The Kier molecular flexibility index (Phi) is 6.18. The molecule has 1 fully saturated rings. The zero-order chi connectivity index (χ0) is 26.4. The van der Waals surface area contributed by atoms with Gasteiger partial charge >= 0.3 is 233 Å². The number of fused-ring (bicyclic) bond motifs is 2. The molecule has 4 aromatic carbocycles. The van der Waals surface area contributed by atoms with Crippen LogP contribution in [0.2, 0.25) is 0 Å². The first-order valence-electron chi connectivity index (χ1n) is 12.5. The predicted octanol–water partition coefficient (Wildman–Crippen LogP) is 3.97. The molecule has 1 aromatic heterocycles. The second kappa shape index (κ2) is 9.86. The van der Waals surface area contributed by atoms with Gasteiger partial charge in [0.2, 0.25) is 0 Å². The van der Waals surface area contributed by atoms with Gasteiger partial charge in [0, 0.05) is 0 Å². The van der Waals surface area contributed by atoms with Gasteiger partial charge in [-0.25, -0.2) is 0 Å². The predicted molar refractivity (Wildman–Crippen MR) is 149 cm³/mol. The molecule has 0 spiro atoms. The summed E-state index contributed by atoms with van der Waals surface area (Å²) in [5, 5.41) is 0.807. The molecule has 0 unspecified atom stereocenters. The molecule has 7 nitrogen and oxygen atoms in total. The van der Waals surface area contributed by atoms with Crippen molar-refractivity contribution in [2.45, 2.75) is 11.2 Å². The maximum atomic E-state index is 14.2. The van der Waals surface area contributed by atoms with Gasteiger partial charge in [-0.2, -0.15) is 0 Å². The molecule has 39 heavy (non-hydrogen) atoms. The van der Waals surface area contributed by atoms with Crippen molar-refractivity contribution in [2.24, 2.45) is 0 Å². The summed E-state index contributed by atoms with van der Waals surface area (Å²) in [6, 6.07) is 30.1. The van der Waals surface area contributed by atoms with E-state index in [2.05, 4.69) is 12.1 Å². The molecule has 0 atom stereocenters. The number of aromatic nitrogens is 1. The zero-order valence-electron chi connectivity index (χ0n) is 20.6. The molecule has 196 valence electrons. The van der Waals surface area contributed by atoms with E-state index in [9.17, 15) is 8.42 Å². The van der Waals surface area contributed by atoms with Crippen LogP contribution in [0.15, 0.2) is 102 Å². The molecule has 7 rings (SSSR count). The first-order valence-corrected chi connectivity index (χ1v) is 15.6. The summed E-state index contributed by atoms with van der Waals surface area (Å²) in [5.41, 5.74) is 3.35. The number of ether oxygens (including phenoxy) is 4. The van der Waals surface area contributed by atoms with Crippen molar-refractivity contribution < 1.29 is 27.4 Å². The minimum atomic E-state index is -3.93. The van der Waals surface area contributed by atoms with Crippen LogP contribution >= 0.6 is 0 Å². The van der Waals surface area contributed by atoms with E-state index in [4.69, 9.17) is 18.9 Å². The number of para-hydroxylation sites is 1. The Morgan fingerprint density at radius 3 is 2.33 bits per heavy atom. The summed E-state index contributed by atoms with van der Waals surface area (Å²) in [4.78, 5) is 0.228. The van der Waals surface area contributed by atoms with Gasteiger partial charge in [-0.1, -0.05) is 0 Å². The number of benzene rings is 4. The Labute approximate surface area is 232 Å². The fourth-order valence-corrected chi connectivity index (χ4v) is 9.63. The van der Waals surface area contributed by atoms with Gasteiger partial charge in [0.25, 0.3) is 0 Å². The van der Waals surface area contributed by atoms with Gasteiger partial charge in [-0.15, -0.1) is 0 Å². The third-order valence-electron chi connectivity index (χ3n) is 6.74. The van der Waals surface area contributed by atoms with Crippen molar-refractivity contribution in [1.29, 1.82) is 0 Å². The van der Waals surface area contributed by atoms with E-state index in [1.54, 1.807) is 24.3 Å². The zero-order valence-corrected chi connectivity index (χ0v) is 23.2. The van der Waals surface area contributed by atoms with Crippen LogP contribution in [-0.4, -0.2) is 47.4 Å². The van der Waals surface area contributed by atoms with Gasteiger partial charge in [0.05, 0.1) is 0 Å². The van der Waals surface area contributed by atoms with E-state index in [0.717, 1.165) is 26.5 Å². The molecule has 0 saturated carbocycles. The van der Waals surface area contributed by atoms with Crippen molar-refractivity contribution in [3.8, 4) is 22.6 Å². The topological polar surface area (TPSA) is 76.0 Å². The summed E-state index contributed by atoms with van der Waals surface area (Å²) in [7, 11) is -3.93. The summed E-state index contributed by atoms with van der Waals surface area (Å²) >= 11 is -0.446. The second-order valence-electron chi connectivity index (χ2n) is 9.06. The Bertz CT molecular complexity index is 1800. The molecule has 1 saturated heterocycles. The summed E-state index contributed by atoms with van der Waals surface area (Å²) in [5.74, 6) is 1.41. The van der Waals surface area contributed by atoms with Crippen LogP contribution in [0.3, 0.4) is 0 Å². The van der Waals surface area contributed by atoms with Crippen LogP contribution in [0, 0.1) is 0 Å². The third kappa shape index (κ3) is 4.23. The van der Waals surface area contributed by atoms with Crippen LogP contribution in [0.1, 0.15) is 11.9 Å². The van der Waals surface area contributed by atoms with E-state index in [0.29, 0.717) is 34.8 Å². The molecule has 0 N–H and O–H groups in total. The molecule has 0 radical (unpaired) electrons. The quantitative estimate of drug-likeness (QED) is 0.273. The maximum absolute atomic E-state index is 14.2. The van der Waals surface area contributed by atoms with Crippen molar-refractivity contribution >= 4 is 44.9 Å². The molecule has 2 aliphatic heterocycles. The van der Waals surface area contributed by atoms with Crippen molar-refractivity contribution in [2.75, 3.05) is 20.0 Å². The number of rotatable bonds is 6. The van der Waals surface area contributed by atoms with Gasteiger partial charge in [-0.05, 0) is 0 Å². The average Bonchev–Trinajstić information content (AvgIpc) is 3.72. The molecule has 0 aliphatic carbocycles. The van der Waals surface area contributed by atoms with Crippen LogP contribution in [-0.2, 0) is 19.5 Å². The van der Waals surface area contributed by atoms with Crippen molar-refractivity contribution in [1.82, 2.24) is 3.97 Å². The van der Waals surface area contributed by atoms with E-state index in [1.165, 1.54) is 3.97 Å². The van der Waals surface area contributed by atoms with E-state index in [1.807, 2.05) is 60.7 Å². The van der Waals surface area contributed by atoms with E-state index in [-0.39, 0.29) is 11.7 Å². The normalized spacial score (nSPS) is 15.3. The summed E-state index contributed by atoms with van der Waals surface area (Å²) in [6.07, 6.45) is -0.642. The summed E-state index contributed by atoms with van der Waals surface area (Å²) in [6.45, 7) is 1.11. The Morgan fingerprint density at radius 2 is 1.49 bits per heavy atom. The van der Waals surface area contributed by atoms with Crippen molar-refractivity contribution in [3.05, 3.63) is 103 Å². The van der Waals surface area contributed by atoms with Crippen molar-refractivity contribution in [3.63, 3.8) is 0 Å². The van der Waals surface area contributed by atoms with Crippen LogP contribution in [0.25, 0.3) is 22.0 Å². The minimum absolute atomic E-state index is 0.201. The molecule has 0 bridgehead atoms. The van der Waals surface area contributed by atoms with Crippen LogP contribution < -0.4 is 18.5 Å². The standard InChI is InChI=1S/C30H23NO6SSe/c32-38(33,21-8-2-1-3-9-21)31-24-12-6-4-11-23(24)28(30-34-16-17-35-30)29(31)39-27-13-7-5-10-22(27)20-14-15-25-26(18-20)37-19-36-25/h1-15,18,30H,16-17,19H2. The third-order valence-corrected chi connectivity index (χ3v) is 11.2. The molecule has 9 heteroatoms. The average molecular weight is 605 g/mol. The fraction of sp³-hybridized carbons (Fsp3) is 0.133. The van der Waals surface area contributed by atoms with Gasteiger partial charge in [0.15, 0.2) is 0 Å². The van der Waals surface area contributed by atoms with Gasteiger partial charge in [0.1, 0.15) is 0 Å². The molecule has 0 amide bonds. The van der Waals surface area contributed by atoms with E-state index < -0.39 is 31.3 Å². The second-order valence-corrected chi connectivity index (χ2v) is 13.0. The number of nitrogens with zero attached hydrogens (tertiary/aromatic N) is 1. The molecule has 3 heterocycles. The van der Waals surface area contributed by atoms with Crippen LogP contribution in [0.5, 0.6) is 11.5 Å². The van der Waals surface area contributed by atoms with E-state index >= 15 is 0 Å². The van der Waals surface area contributed by atoms with Gasteiger partial charge in [-0.3, -0.25) is 0 Å². The Balaban J connectivity index is 1.45. The number of hydrogen-bond donors (Lipinski definition) is 0. The SMILES string of the molecule is O=S(=O)(c1ccccc1)n1c([Se]c2ccccc2-c2ccc3c(c2)OCO3)c(C2OCCO2)c2ccccc21. The van der Waals surface area contributed by atoms with Gasteiger partial charge < -0.3 is 0 Å². The van der Waals surface area contributed by atoms with Crippen LogP contribution in [0.4, 0.5) is 0 Å². The monoisotopic (exact) mass is 605 g/mol. The molecular formula is C30H23NO6SSe. The molecular weight excluding hydrogens is 581 g/mol. The Hall–Kier alpha value is -3.59. The first kappa shape index (κ1) is 24.4. The molecule has 5 aromatic rings. The fourth-order valence-electron chi connectivity index (χ4n) is 4.96. The number of hydrogen-bond acceptors (Lipinski definition) is 6. The Morgan fingerprint density at radius 1 is 0.769 bits per heavy atom. The molecule has 2 aliphatic rings. The first-order chi connectivity index (χ1) is 19.1. The summed E-state index contributed by atoms with van der Waals surface area (Å²) < 4.78 is 54.7.